The number of nitrogens with two attached hydrogens (primary N) is 1. The summed E-state index contributed by atoms with van der Waals surface area (Å²) in [6, 6.07) is 8.43. The highest BCUT2D eigenvalue weighted by Gasteiger charge is 2.16. The molecule has 0 fully saturated rings. The summed E-state index contributed by atoms with van der Waals surface area (Å²) in [4.78, 5) is 23.2. The number of amides is 2. The first-order chi connectivity index (χ1) is 9.02. The number of rotatable bonds is 6. The van der Waals surface area contributed by atoms with E-state index >= 15 is 0 Å². The minimum Gasteiger partial charge on any atom is -0.353 e. The molecule has 19 heavy (non-hydrogen) atoms. The number of nitrogens with one attached hydrogen (secondary N) is 2. The Balaban J connectivity index is 2.25. The standard InChI is InChI=1S/C14H21N3O2/c1-10(2)12(15)14(19)17-9-8-16-13(18)11-6-4-3-5-7-11/h3-7,10,12H,8-9,15H2,1-2H3,(H,16,18)(H,17,19)/t12-/m0/s1. The molecule has 0 radical (unpaired) electrons. The molecular weight excluding hydrogens is 242 g/mol. The van der Waals surface area contributed by atoms with Crippen LogP contribution in [0.25, 0.3) is 0 Å². The van der Waals surface area contributed by atoms with Crippen molar-refractivity contribution in [3.63, 3.8) is 0 Å². The molecule has 0 aromatic heterocycles. The smallest absolute Gasteiger partial charge is 0.251 e. The number of carbonyl (C=O) groups is 2. The molecule has 4 N–H and O–H groups in total. The minimum atomic E-state index is -0.509. The summed E-state index contributed by atoms with van der Waals surface area (Å²) in [6.45, 7) is 4.53. The molecular formula is C14H21N3O2. The second-order valence-corrected chi connectivity index (χ2v) is 4.68. The van der Waals surface area contributed by atoms with Gasteiger partial charge in [-0.15, -0.1) is 0 Å². The molecule has 1 aromatic carbocycles. The van der Waals surface area contributed by atoms with E-state index in [1.54, 1.807) is 24.3 Å². The summed E-state index contributed by atoms with van der Waals surface area (Å²) in [5.74, 6) is -0.245. The summed E-state index contributed by atoms with van der Waals surface area (Å²) in [5.41, 5.74) is 6.30. The van der Waals surface area contributed by atoms with Gasteiger partial charge in [0.1, 0.15) is 0 Å². The van der Waals surface area contributed by atoms with Crippen molar-refractivity contribution >= 4 is 11.8 Å². The fourth-order valence-corrected chi connectivity index (χ4v) is 1.47. The van der Waals surface area contributed by atoms with Gasteiger partial charge >= 0.3 is 0 Å². The van der Waals surface area contributed by atoms with Crippen molar-refractivity contribution in [3.05, 3.63) is 35.9 Å². The van der Waals surface area contributed by atoms with Gasteiger partial charge in [0.25, 0.3) is 5.91 Å². The van der Waals surface area contributed by atoms with Crippen LogP contribution < -0.4 is 16.4 Å². The van der Waals surface area contributed by atoms with E-state index in [2.05, 4.69) is 10.6 Å². The topological polar surface area (TPSA) is 84.2 Å². The lowest BCUT2D eigenvalue weighted by molar-refractivity contribution is -0.123. The lowest BCUT2D eigenvalue weighted by atomic mass is 10.1. The van der Waals surface area contributed by atoms with E-state index < -0.39 is 6.04 Å². The van der Waals surface area contributed by atoms with Crippen LogP contribution in [-0.4, -0.2) is 30.9 Å². The largest absolute Gasteiger partial charge is 0.353 e. The van der Waals surface area contributed by atoms with Crippen molar-refractivity contribution < 1.29 is 9.59 Å². The van der Waals surface area contributed by atoms with Crippen LogP contribution in [0.5, 0.6) is 0 Å². The lowest BCUT2D eigenvalue weighted by Gasteiger charge is -2.15. The molecule has 0 spiro atoms. The molecule has 5 heteroatoms. The lowest BCUT2D eigenvalue weighted by Crippen LogP contribution is -2.46. The summed E-state index contributed by atoms with van der Waals surface area (Å²) in [6.07, 6.45) is 0. The van der Waals surface area contributed by atoms with Crippen LogP contribution in [0.4, 0.5) is 0 Å². The van der Waals surface area contributed by atoms with E-state index in [1.807, 2.05) is 19.9 Å². The van der Waals surface area contributed by atoms with Crippen molar-refractivity contribution in [2.45, 2.75) is 19.9 Å². The Morgan fingerprint density at radius 1 is 1.11 bits per heavy atom. The maximum atomic E-state index is 11.7. The number of benzene rings is 1. The van der Waals surface area contributed by atoms with Gasteiger partial charge < -0.3 is 16.4 Å². The summed E-state index contributed by atoms with van der Waals surface area (Å²) in [5, 5.41) is 5.42. The molecule has 104 valence electrons. The van der Waals surface area contributed by atoms with Gasteiger partial charge in [-0.1, -0.05) is 32.0 Å². The van der Waals surface area contributed by atoms with E-state index in [4.69, 9.17) is 5.73 Å². The Morgan fingerprint density at radius 2 is 1.68 bits per heavy atom. The Bertz CT molecular complexity index is 418. The third kappa shape index (κ3) is 5.09. The van der Waals surface area contributed by atoms with E-state index in [9.17, 15) is 9.59 Å². The average Bonchev–Trinajstić information content (AvgIpc) is 2.43. The molecule has 0 unspecified atom stereocenters. The Morgan fingerprint density at radius 3 is 2.26 bits per heavy atom. The Kier molecular flexibility index (Phi) is 6.02. The van der Waals surface area contributed by atoms with Crippen LogP contribution >= 0.6 is 0 Å². The molecule has 0 saturated carbocycles. The molecule has 1 aromatic rings. The SMILES string of the molecule is CC(C)[C@H](N)C(=O)NCCNC(=O)c1ccccc1. The molecule has 5 nitrogen and oxygen atoms in total. The monoisotopic (exact) mass is 263 g/mol. The summed E-state index contributed by atoms with van der Waals surface area (Å²) in [7, 11) is 0. The van der Waals surface area contributed by atoms with Gasteiger partial charge in [-0.2, -0.15) is 0 Å². The third-order valence-electron chi connectivity index (χ3n) is 2.77. The molecule has 0 bridgehead atoms. The van der Waals surface area contributed by atoms with Crippen LogP contribution in [-0.2, 0) is 4.79 Å². The van der Waals surface area contributed by atoms with Crippen molar-refractivity contribution in [1.82, 2.24) is 10.6 Å². The molecule has 1 rings (SSSR count). The van der Waals surface area contributed by atoms with Crippen molar-refractivity contribution in [3.8, 4) is 0 Å². The van der Waals surface area contributed by atoms with Crippen LogP contribution in [0.15, 0.2) is 30.3 Å². The highest BCUT2D eigenvalue weighted by molar-refractivity contribution is 5.94. The average molecular weight is 263 g/mol. The normalized spacial score (nSPS) is 12.0. The molecule has 2 amide bonds. The van der Waals surface area contributed by atoms with Crippen LogP contribution in [0.3, 0.4) is 0 Å². The number of carbonyl (C=O) groups excluding carboxylic acids is 2. The summed E-state index contributed by atoms with van der Waals surface area (Å²) >= 11 is 0. The van der Waals surface area contributed by atoms with Gasteiger partial charge in [0, 0.05) is 18.7 Å². The molecule has 0 aliphatic carbocycles. The van der Waals surface area contributed by atoms with E-state index in [0.29, 0.717) is 18.7 Å². The molecule has 0 aliphatic rings. The first-order valence-electron chi connectivity index (χ1n) is 6.39. The molecule has 1 atom stereocenters. The van der Waals surface area contributed by atoms with Crippen LogP contribution in [0.1, 0.15) is 24.2 Å². The van der Waals surface area contributed by atoms with Gasteiger partial charge in [-0.05, 0) is 18.1 Å². The zero-order valence-electron chi connectivity index (χ0n) is 11.3. The maximum absolute atomic E-state index is 11.7. The van der Waals surface area contributed by atoms with E-state index in [-0.39, 0.29) is 17.7 Å². The maximum Gasteiger partial charge on any atom is 0.251 e. The van der Waals surface area contributed by atoms with Gasteiger partial charge in [-0.25, -0.2) is 0 Å². The second kappa shape index (κ2) is 7.53. The summed E-state index contributed by atoms with van der Waals surface area (Å²) < 4.78 is 0. The third-order valence-corrected chi connectivity index (χ3v) is 2.77. The van der Waals surface area contributed by atoms with Gasteiger partial charge in [0.2, 0.25) is 5.91 Å². The highest BCUT2D eigenvalue weighted by atomic mass is 16.2. The quantitative estimate of drug-likeness (QED) is 0.654. The minimum absolute atomic E-state index is 0.0962. The predicted molar refractivity (Wildman–Crippen MR) is 74.6 cm³/mol. The molecule has 0 saturated heterocycles. The number of hydrogen-bond donors (Lipinski definition) is 3. The van der Waals surface area contributed by atoms with Crippen LogP contribution in [0, 0.1) is 5.92 Å². The number of hydrogen-bond acceptors (Lipinski definition) is 3. The Labute approximate surface area is 113 Å². The van der Waals surface area contributed by atoms with Crippen molar-refractivity contribution in [1.29, 1.82) is 0 Å². The fourth-order valence-electron chi connectivity index (χ4n) is 1.47. The zero-order chi connectivity index (χ0) is 14.3. The van der Waals surface area contributed by atoms with Gasteiger partial charge in [0.05, 0.1) is 6.04 Å². The Hall–Kier alpha value is -1.88. The fraction of sp³-hybridized carbons (Fsp3) is 0.429. The second-order valence-electron chi connectivity index (χ2n) is 4.68. The van der Waals surface area contributed by atoms with Gasteiger partial charge in [-0.3, -0.25) is 9.59 Å². The van der Waals surface area contributed by atoms with Gasteiger partial charge in [0.15, 0.2) is 0 Å². The van der Waals surface area contributed by atoms with Crippen LogP contribution in [0.2, 0.25) is 0 Å². The zero-order valence-corrected chi connectivity index (χ0v) is 11.3. The first-order valence-corrected chi connectivity index (χ1v) is 6.39. The van der Waals surface area contributed by atoms with Crippen molar-refractivity contribution in [2.24, 2.45) is 11.7 Å². The molecule has 0 heterocycles. The molecule has 0 aliphatic heterocycles. The van der Waals surface area contributed by atoms with Crippen molar-refractivity contribution in [2.75, 3.05) is 13.1 Å². The first kappa shape index (κ1) is 15.2. The highest BCUT2D eigenvalue weighted by Crippen LogP contribution is 1.98. The van der Waals surface area contributed by atoms with E-state index in [0.717, 1.165) is 0 Å². The predicted octanol–water partition coefficient (Wildman–Crippen LogP) is 0.516. The van der Waals surface area contributed by atoms with E-state index in [1.165, 1.54) is 0 Å².